The van der Waals surface area contributed by atoms with Crippen LogP contribution in [0.4, 0.5) is 4.39 Å². The Morgan fingerprint density at radius 1 is 1.43 bits per heavy atom. The van der Waals surface area contributed by atoms with Gasteiger partial charge in [0.05, 0.1) is 11.8 Å². The van der Waals surface area contributed by atoms with Crippen LogP contribution in [0.3, 0.4) is 0 Å². The van der Waals surface area contributed by atoms with Crippen molar-refractivity contribution in [3.05, 3.63) is 35.5 Å². The number of benzene rings is 1. The van der Waals surface area contributed by atoms with Gasteiger partial charge in [0.2, 0.25) is 11.7 Å². The van der Waals surface area contributed by atoms with Gasteiger partial charge >= 0.3 is 0 Å². The van der Waals surface area contributed by atoms with Gasteiger partial charge in [0, 0.05) is 11.8 Å². The van der Waals surface area contributed by atoms with E-state index in [1.165, 1.54) is 12.1 Å². The van der Waals surface area contributed by atoms with Gasteiger partial charge in [-0.2, -0.15) is 4.98 Å². The number of rotatable bonds is 5. The minimum absolute atomic E-state index is 0.0541. The van der Waals surface area contributed by atoms with E-state index in [0.717, 1.165) is 6.26 Å². The van der Waals surface area contributed by atoms with Crippen LogP contribution in [0.5, 0.6) is 0 Å². The molecule has 1 aromatic carbocycles. The molecule has 1 atom stereocenters. The summed E-state index contributed by atoms with van der Waals surface area (Å²) in [6.07, 6.45) is 1.34. The molecule has 1 heterocycles. The molecule has 2 rings (SSSR count). The summed E-state index contributed by atoms with van der Waals surface area (Å²) in [5, 5.41) is 3.80. The third-order valence-electron chi connectivity index (χ3n) is 2.99. The lowest BCUT2D eigenvalue weighted by Crippen LogP contribution is -2.16. The van der Waals surface area contributed by atoms with E-state index < -0.39 is 15.9 Å². The number of aromatic nitrogens is 2. The first kappa shape index (κ1) is 15.6. The summed E-state index contributed by atoms with van der Waals surface area (Å²) >= 11 is 0. The Morgan fingerprint density at radius 3 is 2.76 bits per heavy atom. The van der Waals surface area contributed by atoms with Crippen molar-refractivity contribution in [3.8, 4) is 11.4 Å². The van der Waals surface area contributed by atoms with Crippen LogP contribution in [-0.4, -0.2) is 30.6 Å². The molecule has 0 aliphatic heterocycles. The number of hydrogen-bond donors (Lipinski definition) is 1. The average molecular weight is 313 g/mol. The number of aryl methyl sites for hydroxylation is 1. The lowest BCUT2D eigenvalue weighted by atomic mass is 10.1. The zero-order chi connectivity index (χ0) is 15.6. The molecule has 0 fully saturated rings. The second kappa shape index (κ2) is 5.90. The van der Waals surface area contributed by atoms with E-state index in [0.29, 0.717) is 17.0 Å². The van der Waals surface area contributed by atoms with Crippen LogP contribution in [0, 0.1) is 12.7 Å². The first-order chi connectivity index (χ1) is 9.76. The van der Waals surface area contributed by atoms with Gasteiger partial charge in [0.1, 0.15) is 15.7 Å². The molecule has 1 aromatic heterocycles. The molecule has 0 spiro atoms. The maximum absolute atomic E-state index is 13.1. The van der Waals surface area contributed by atoms with Crippen molar-refractivity contribution in [3.63, 3.8) is 0 Å². The zero-order valence-electron chi connectivity index (χ0n) is 11.7. The number of sulfone groups is 1. The van der Waals surface area contributed by atoms with Crippen molar-refractivity contribution < 1.29 is 17.3 Å². The van der Waals surface area contributed by atoms with E-state index in [9.17, 15) is 12.8 Å². The molecule has 114 valence electrons. The normalized spacial score (nSPS) is 13.3. The van der Waals surface area contributed by atoms with Gasteiger partial charge in [-0.3, -0.25) is 0 Å². The highest BCUT2D eigenvalue weighted by Crippen LogP contribution is 2.23. The van der Waals surface area contributed by atoms with Crippen LogP contribution >= 0.6 is 0 Å². The maximum atomic E-state index is 13.1. The van der Waals surface area contributed by atoms with Crippen molar-refractivity contribution in [1.82, 2.24) is 10.1 Å². The summed E-state index contributed by atoms with van der Waals surface area (Å²) in [6, 6.07) is 3.58. The van der Waals surface area contributed by atoms with E-state index in [4.69, 9.17) is 10.3 Å². The molecule has 0 aliphatic carbocycles. The molecule has 8 heteroatoms. The topological polar surface area (TPSA) is 99.1 Å². The monoisotopic (exact) mass is 313 g/mol. The fraction of sp³-hybridized carbons (Fsp3) is 0.385. The molecule has 2 N–H and O–H groups in total. The first-order valence-electron chi connectivity index (χ1n) is 6.30. The number of nitrogens with two attached hydrogens (primary N) is 1. The molecule has 1 unspecified atom stereocenters. The summed E-state index contributed by atoms with van der Waals surface area (Å²) < 4.78 is 40.3. The van der Waals surface area contributed by atoms with Gasteiger partial charge < -0.3 is 10.3 Å². The maximum Gasteiger partial charge on any atom is 0.243 e. The van der Waals surface area contributed by atoms with E-state index in [1.807, 2.05) is 0 Å². The summed E-state index contributed by atoms with van der Waals surface area (Å²) in [4.78, 5) is 4.15. The first-order valence-corrected chi connectivity index (χ1v) is 8.36. The Morgan fingerprint density at radius 2 is 2.14 bits per heavy atom. The van der Waals surface area contributed by atoms with Gasteiger partial charge in [-0.1, -0.05) is 5.16 Å². The van der Waals surface area contributed by atoms with Crippen molar-refractivity contribution in [2.45, 2.75) is 19.4 Å². The predicted octanol–water partition coefficient (Wildman–Crippen LogP) is 1.62. The van der Waals surface area contributed by atoms with Crippen molar-refractivity contribution in [2.24, 2.45) is 5.73 Å². The summed E-state index contributed by atoms with van der Waals surface area (Å²) in [5.74, 6) is 0.0704. The molecule has 21 heavy (non-hydrogen) atoms. The van der Waals surface area contributed by atoms with Crippen molar-refractivity contribution in [1.29, 1.82) is 0 Å². The van der Waals surface area contributed by atoms with Gasteiger partial charge in [-0.25, -0.2) is 12.8 Å². The van der Waals surface area contributed by atoms with Gasteiger partial charge in [-0.05, 0) is 37.1 Å². The third-order valence-corrected chi connectivity index (χ3v) is 3.97. The predicted molar refractivity (Wildman–Crippen MR) is 75.7 cm³/mol. The molecular weight excluding hydrogens is 297 g/mol. The second-order valence-corrected chi connectivity index (χ2v) is 7.20. The molecule has 0 saturated carbocycles. The Hall–Kier alpha value is -1.80. The van der Waals surface area contributed by atoms with E-state index >= 15 is 0 Å². The smallest absolute Gasteiger partial charge is 0.243 e. The highest BCUT2D eigenvalue weighted by molar-refractivity contribution is 7.90. The molecule has 0 radical (unpaired) electrons. The van der Waals surface area contributed by atoms with Crippen LogP contribution in [0.25, 0.3) is 11.4 Å². The van der Waals surface area contributed by atoms with Crippen LogP contribution in [0.2, 0.25) is 0 Å². The SMILES string of the molecule is Cc1cc(F)ccc1-c1noc(C(N)CCS(C)(=O)=O)n1. The van der Waals surface area contributed by atoms with Crippen molar-refractivity contribution in [2.75, 3.05) is 12.0 Å². The standard InChI is InChI=1S/C13H16FN3O3S/c1-8-7-9(14)3-4-10(8)12-16-13(20-17-12)11(15)5-6-21(2,18)19/h3-4,7,11H,5-6,15H2,1-2H3. The van der Waals surface area contributed by atoms with Crippen molar-refractivity contribution >= 4 is 9.84 Å². The van der Waals surface area contributed by atoms with Gasteiger partial charge in [0.15, 0.2) is 0 Å². The van der Waals surface area contributed by atoms with Crippen LogP contribution < -0.4 is 5.73 Å². The Balaban J connectivity index is 2.17. The molecule has 0 amide bonds. The number of hydrogen-bond acceptors (Lipinski definition) is 6. The van der Waals surface area contributed by atoms with E-state index in [-0.39, 0.29) is 23.9 Å². The average Bonchev–Trinajstić information content (AvgIpc) is 2.84. The summed E-state index contributed by atoms with van der Waals surface area (Å²) in [6.45, 7) is 1.73. The zero-order valence-corrected chi connectivity index (χ0v) is 12.5. The Labute approximate surface area is 122 Å². The fourth-order valence-corrected chi connectivity index (χ4v) is 2.52. The second-order valence-electron chi connectivity index (χ2n) is 4.94. The molecule has 2 aromatic rings. The lowest BCUT2D eigenvalue weighted by molar-refractivity contribution is 0.352. The minimum atomic E-state index is -3.10. The summed E-state index contributed by atoms with van der Waals surface area (Å²) in [7, 11) is -3.10. The van der Waals surface area contributed by atoms with Gasteiger partial charge in [0.25, 0.3) is 0 Å². The van der Waals surface area contributed by atoms with E-state index in [2.05, 4.69) is 10.1 Å². The van der Waals surface area contributed by atoms with Crippen LogP contribution in [0.1, 0.15) is 23.9 Å². The van der Waals surface area contributed by atoms with Crippen LogP contribution in [-0.2, 0) is 9.84 Å². The van der Waals surface area contributed by atoms with Crippen LogP contribution in [0.15, 0.2) is 22.7 Å². The highest BCUT2D eigenvalue weighted by atomic mass is 32.2. The largest absolute Gasteiger partial charge is 0.337 e. The Kier molecular flexibility index (Phi) is 4.38. The fourth-order valence-electron chi connectivity index (χ4n) is 1.84. The molecule has 6 nitrogen and oxygen atoms in total. The number of halogens is 1. The number of nitrogens with zero attached hydrogens (tertiary/aromatic N) is 2. The summed E-state index contributed by atoms with van der Waals surface area (Å²) in [5.41, 5.74) is 7.15. The van der Waals surface area contributed by atoms with E-state index in [1.54, 1.807) is 13.0 Å². The quantitative estimate of drug-likeness (QED) is 0.900. The molecular formula is C13H16FN3O3S. The molecule has 0 saturated heterocycles. The lowest BCUT2D eigenvalue weighted by Gasteiger charge is -2.04. The highest BCUT2D eigenvalue weighted by Gasteiger charge is 2.18. The molecule has 0 aliphatic rings. The third kappa shape index (κ3) is 4.08. The minimum Gasteiger partial charge on any atom is -0.337 e. The van der Waals surface area contributed by atoms with Gasteiger partial charge in [-0.15, -0.1) is 0 Å². The molecule has 0 bridgehead atoms. The Bertz CT molecular complexity index is 743.